The summed E-state index contributed by atoms with van der Waals surface area (Å²) >= 11 is 5.63. The number of amides is 3. The first-order valence-corrected chi connectivity index (χ1v) is 10.3. The highest BCUT2D eigenvalue weighted by Crippen LogP contribution is 2.45. The molecular formula is C21H29ClN4O4. The van der Waals surface area contributed by atoms with Gasteiger partial charge in [-0.1, -0.05) is 0 Å². The van der Waals surface area contributed by atoms with Crippen molar-refractivity contribution >= 4 is 29.4 Å². The Labute approximate surface area is 182 Å². The van der Waals surface area contributed by atoms with Crippen molar-refractivity contribution in [1.29, 1.82) is 5.26 Å². The summed E-state index contributed by atoms with van der Waals surface area (Å²) in [6.07, 6.45) is 0.255. The molecule has 0 saturated heterocycles. The van der Waals surface area contributed by atoms with Gasteiger partial charge in [0.05, 0.1) is 37.4 Å². The molecule has 164 valence electrons. The zero-order valence-electron chi connectivity index (χ0n) is 18.1. The molecule has 0 spiro atoms. The Balaban J connectivity index is 2.37. The van der Waals surface area contributed by atoms with Crippen LogP contribution in [0.5, 0.6) is 5.75 Å². The SMILES string of the molecule is COc1cc2c(cc1NC(=O)NCCCCl)CN(C(=O)OC(C)(C)C)C2(C)CC#N. The minimum atomic E-state index is -0.874. The highest BCUT2D eigenvalue weighted by atomic mass is 35.5. The van der Waals surface area contributed by atoms with E-state index in [1.807, 2.05) is 6.92 Å². The van der Waals surface area contributed by atoms with Crippen molar-refractivity contribution in [3.8, 4) is 11.8 Å². The Kier molecular flexibility index (Phi) is 7.43. The third-order valence-electron chi connectivity index (χ3n) is 4.81. The zero-order chi connectivity index (χ0) is 22.5. The largest absolute Gasteiger partial charge is 0.495 e. The molecule has 1 aromatic carbocycles. The average molecular weight is 437 g/mol. The van der Waals surface area contributed by atoms with Crippen molar-refractivity contribution in [2.75, 3.05) is 24.9 Å². The number of benzene rings is 1. The summed E-state index contributed by atoms with van der Waals surface area (Å²) in [6.45, 7) is 7.93. The molecule has 2 rings (SSSR count). The molecule has 8 nitrogen and oxygen atoms in total. The Morgan fingerprint density at radius 3 is 2.63 bits per heavy atom. The first-order chi connectivity index (χ1) is 14.1. The van der Waals surface area contributed by atoms with E-state index in [-0.39, 0.29) is 19.0 Å². The molecule has 1 aliphatic heterocycles. The van der Waals surface area contributed by atoms with E-state index in [4.69, 9.17) is 21.1 Å². The molecule has 1 aromatic rings. The van der Waals surface area contributed by atoms with Crippen LogP contribution in [0.2, 0.25) is 0 Å². The predicted octanol–water partition coefficient (Wildman–Crippen LogP) is 4.33. The third kappa shape index (κ3) is 5.28. The van der Waals surface area contributed by atoms with E-state index in [9.17, 15) is 14.9 Å². The lowest BCUT2D eigenvalue weighted by molar-refractivity contribution is 0.00262. The number of nitriles is 1. The minimum absolute atomic E-state index is 0.0914. The van der Waals surface area contributed by atoms with E-state index in [1.54, 1.807) is 37.8 Å². The minimum Gasteiger partial charge on any atom is -0.495 e. The Morgan fingerprint density at radius 2 is 2.07 bits per heavy atom. The number of hydrogen-bond donors (Lipinski definition) is 2. The van der Waals surface area contributed by atoms with E-state index < -0.39 is 17.2 Å². The molecule has 1 aliphatic rings. The number of anilines is 1. The molecule has 2 N–H and O–H groups in total. The van der Waals surface area contributed by atoms with Crippen molar-refractivity contribution in [3.63, 3.8) is 0 Å². The maximum Gasteiger partial charge on any atom is 0.411 e. The van der Waals surface area contributed by atoms with Gasteiger partial charge in [0.15, 0.2) is 0 Å². The lowest BCUT2D eigenvalue weighted by Crippen LogP contribution is -2.44. The standard InChI is InChI=1S/C21H29ClN4O4/c1-20(2,3)30-19(28)26-13-14-11-16(25-18(27)24-10-6-8-22)17(29-5)12-15(14)21(26,4)7-9-23/h11-12H,6-8,10,13H2,1-5H3,(H2,24,25,27). The summed E-state index contributed by atoms with van der Waals surface area (Å²) in [6, 6.07) is 5.34. The molecule has 1 heterocycles. The van der Waals surface area contributed by atoms with Crippen LogP contribution in [0.4, 0.5) is 15.3 Å². The van der Waals surface area contributed by atoms with Crippen molar-refractivity contribution < 1.29 is 19.1 Å². The highest BCUT2D eigenvalue weighted by molar-refractivity contribution is 6.17. The Hall–Kier alpha value is -2.66. The molecular weight excluding hydrogens is 408 g/mol. The number of rotatable bonds is 6. The molecule has 1 atom stereocenters. The maximum absolute atomic E-state index is 12.9. The Morgan fingerprint density at radius 1 is 1.37 bits per heavy atom. The summed E-state index contributed by atoms with van der Waals surface area (Å²) in [5.74, 6) is 0.900. The van der Waals surface area contributed by atoms with E-state index in [1.165, 1.54) is 7.11 Å². The van der Waals surface area contributed by atoms with Crippen LogP contribution in [0.25, 0.3) is 0 Å². The lowest BCUT2D eigenvalue weighted by Gasteiger charge is -2.35. The van der Waals surface area contributed by atoms with E-state index in [0.717, 1.165) is 11.1 Å². The first-order valence-electron chi connectivity index (χ1n) is 9.75. The molecule has 0 radical (unpaired) electrons. The molecule has 1 unspecified atom stereocenters. The first kappa shape index (κ1) is 23.6. The summed E-state index contributed by atoms with van der Waals surface area (Å²) < 4.78 is 11.0. The van der Waals surface area contributed by atoms with Gasteiger partial charge >= 0.3 is 12.1 Å². The van der Waals surface area contributed by atoms with Crippen LogP contribution >= 0.6 is 11.6 Å². The monoisotopic (exact) mass is 436 g/mol. The number of urea groups is 1. The van der Waals surface area contributed by atoms with Gasteiger partial charge in [-0.3, -0.25) is 4.90 Å². The van der Waals surface area contributed by atoms with Crippen molar-refractivity contribution in [2.45, 2.75) is 58.2 Å². The number of methoxy groups -OCH3 is 1. The second kappa shape index (κ2) is 9.43. The molecule has 0 bridgehead atoms. The van der Waals surface area contributed by atoms with Gasteiger partial charge in [0, 0.05) is 12.4 Å². The number of hydrogen-bond acceptors (Lipinski definition) is 5. The average Bonchev–Trinajstić information content (AvgIpc) is 2.92. The topological polar surface area (TPSA) is 104 Å². The van der Waals surface area contributed by atoms with Gasteiger partial charge in [0.25, 0.3) is 0 Å². The summed E-state index contributed by atoms with van der Waals surface area (Å²) in [7, 11) is 1.50. The van der Waals surface area contributed by atoms with Crippen molar-refractivity contribution in [2.24, 2.45) is 0 Å². The summed E-state index contributed by atoms with van der Waals surface area (Å²) in [4.78, 5) is 26.6. The number of alkyl halides is 1. The van der Waals surface area contributed by atoms with Gasteiger partial charge in [-0.2, -0.15) is 5.26 Å². The van der Waals surface area contributed by atoms with Gasteiger partial charge in [-0.25, -0.2) is 9.59 Å². The maximum atomic E-state index is 12.9. The number of halogens is 1. The molecule has 0 aliphatic carbocycles. The highest BCUT2D eigenvalue weighted by Gasteiger charge is 2.46. The summed E-state index contributed by atoms with van der Waals surface area (Å²) in [5, 5.41) is 14.9. The molecule has 0 aromatic heterocycles. The van der Waals surface area contributed by atoms with Crippen LogP contribution in [0.3, 0.4) is 0 Å². The number of nitrogens with one attached hydrogen (secondary N) is 2. The van der Waals surface area contributed by atoms with Gasteiger partial charge in [0.2, 0.25) is 0 Å². The van der Waals surface area contributed by atoms with Gasteiger partial charge in [-0.05, 0) is 57.4 Å². The second-order valence-corrected chi connectivity index (χ2v) is 8.69. The number of carbonyl (C=O) groups excluding carboxylic acids is 2. The molecule has 0 saturated carbocycles. The predicted molar refractivity (Wildman–Crippen MR) is 115 cm³/mol. The van der Waals surface area contributed by atoms with E-state index in [0.29, 0.717) is 30.3 Å². The molecule has 9 heteroatoms. The fourth-order valence-corrected chi connectivity index (χ4v) is 3.51. The van der Waals surface area contributed by atoms with E-state index in [2.05, 4.69) is 16.7 Å². The van der Waals surface area contributed by atoms with Crippen LogP contribution in [0.15, 0.2) is 12.1 Å². The van der Waals surface area contributed by atoms with Gasteiger partial charge < -0.3 is 20.1 Å². The van der Waals surface area contributed by atoms with Crippen molar-refractivity contribution in [3.05, 3.63) is 23.3 Å². The van der Waals surface area contributed by atoms with Gasteiger partial charge in [-0.15, -0.1) is 11.6 Å². The molecule has 30 heavy (non-hydrogen) atoms. The van der Waals surface area contributed by atoms with E-state index >= 15 is 0 Å². The van der Waals surface area contributed by atoms with Gasteiger partial charge in [0.1, 0.15) is 11.4 Å². The van der Waals surface area contributed by atoms with Crippen LogP contribution < -0.4 is 15.4 Å². The number of fused-ring (bicyclic) bond motifs is 1. The summed E-state index contributed by atoms with van der Waals surface area (Å²) in [5.41, 5.74) is 0.548. The second-order valence-electron chi connectivity index (χ2n) is 8.31. The zero-order valence-corrected chi connectivity index (χ0v) is 18.9. The molecule has 3 amide bonds. The number of carbonyl (C=O) groups is 2. The van der Waals surface area contributed by atoms with Crippen LogP contribution in [0.1, 0.15) is 51.7 Å². The Bertz CT molecular complexity index is 847. The fourth-order valence-electron chi connectivity index (χ4n) is 3.38. The van der Waals surface area contributed by atoms with Crippen LogP contribution in [0, 0.1) is 11.3 Å². The normalized spacial score (nSPS) is 17.7. The lowest BCUT2D eigenvalue weighted by atomic mass is 9.88. The van der Waals surface area contributed by atoms with Crippen LogP contribution in [-0.4, -0.2) is 42.2 Å². The molecule has 0 fully saturated rings. The fraction of sp³-hybridized carbons (Fsp3) is 0.571. The smallest absolute Gasteiger partial charge is 0.411 e. The quantitative estimate of drug-likeness (QED) is 0.510. The third-order valence-corrected chi connectivity index (χ3v) is 5.08. The van der Waals surface area contributed by atoms with Crippen molar-refractivity contribution in [1.82, 2.24) is 10.2 Å². The van der Waals surface area contributed by atoms with Crippen LogP contribution in [-0.2, 0) is 16.8 Å². The number of ether oxygens (including phenoxy) is 2. The number of nitrogens with zero attached hydrogens (tertiary/aromatic N) is 2.